The Morgan fingerprint density at radius 1 is 1.14 bits per heavy atom. The van der Waals surface area contributed by atoms with E-state index in [0.717, 1.165) is 15.4 Å². The van der Waals surface area contributed by atoms with Gasteiger partial charge in [-0.25, -0.2) is 4.98 Å². The molecule has 1 aromatic carbocycles. The molecule has 5 heteroatoms. The summed E-state index contributed by atoms with van der Waals surface area (Å²) in [7, 11) is 0. The van der Waals surface area contributed by atoms with Gasteiger partial charge in [0.15, 0.2) is 0 Å². The lowest BCUT2D eigenvalue weighted by Gasteiger charge is -2.13. The van der Waals surface area contributed by atoms with Crippen LogP contribution in [0.4, 0.5) is 0 Å². The van der Waals surface area contributed by atoms with Gasteiger partial charge in [0.2, 0.25) is 0 Å². The predicted molar refractivity (Wildman–Crippen MR) is 87.8 cm³/mol. The molecular weight excluding hydrogens is 300 g/mol. The van der Waals surface area contributed by atoms with Crippen molar-refractivity contribution < 1.29 is 4.79 Å². The van der Waals surface area contributed by atoms with Crippen molar-refractivity contribution in [3.8, 4) is 9.88 Å². The van der Waals surface area contributed by atoms with E-state index in [-0.39, 0.29) is 11.9 Å². The number of nitrogens with one attached hydrogen (secondary N) is 1. The first-order valence-corrected chi connectivity index (χ1v) is 8.35. The quantitative estimate of drug-likeness (QED) is 0.777. The number of rotatable bonds is 4. The van der Waals surface area contributed by atoms with Gasteiger partial charge in [-0.2, -0.15) is 0 Å². The highest BCUT2D eigenvalue weighted by molar-refractivity contribution is 7.20. The summed E-state index contributed by atoms with van der Waals surface area (Å²) in [5.74, 6) is -0.134. The number of hydrogen-bond donors (Lipinski definition) is 1. The molecule has 2 aromatic heterocycles. The fourth-order valence-electron chi connectivity index (χ4n) is 1.99. The molecule has 1 amide bonds. The lowest BCUT2D eigenvalue weighted by Crippen LogP contribution is -2.26. The minimum atomic E-state index is -0.134. The zero-order chi connectivity index (χ0) is 14.7. The van der Waals surface area contributed by atoms with Crippen LogP contribution in [0.2, 0.25) is 0 Å². The molecule has 3 rings (SSSR count). The molecule has 21 heavy (non-hydrogen) atoms. The zero-order valence-electron chi connectivity index (χ0n) is 11.4. The summed E-state index contributed by atoms with van der Waals surface area (Å²) in [4.78, 5) is 17.8. The van der Waals surface area contributed by atoms with E-state index in [9.17, 15) is 4.79 Å². The SMILES string of the molecule is C[C@H](NC(=O)c1csc(-c2cccs2)n1)c1ccccc1. The van der Waals surface area contributed by atoms with Gasteiger partial charge in [0.05, 0.1) is 10.9 Å². The van der Waals surface area contributed by atoms with Crippen molar-refractivity contribution in [3.63, 3.8) is 0 Å². The molecule has 3 nitrogen and oxygen atoms in total. The molecule has 0 spiro atoms. The Kier molecular flexibility index (Phi) is 4.13. The lowest BCUT2D eigenvalue weighted by atomic mass is 10.1. The Labute approximate surface area is 131 Å². The number of thiophene rings is 1. The molecule has 1 N–H and O–H groups in total. The van der Waals surface area contributed by atoms with Crippen molar-refractivity contribution >= 4 is 28.6 Å². The number of carbonyl (C=O) groups is 1. The Hall–Kier alpha value is -1.98. The Morgan fingerprint density at radius 3 is 2.67 bits per heavy atom. The Balaban J connectivity index is 1.71. The fraction of sp³-hybridized carbons (Fsp3) is 0.125. The van der Waals surface area contributed by atoms with Gasteiger partial charge in [-0.05, 0) is 23.9 Å². The van der Waals surface area contributed by atoms with Crippen LogP contribution in [0, 0.1) is 0 Å². The monoisotopic (exact) mass is 314 g/mol. The second-order valence-corrected chi connectivity index (χ2v) is 6.43. The second kappa shape index (κ2) is 6.20. The number of benzene rings is 1. The van der Waals surface area contributed by atoms with Crippen LogP contribution in [0.5, 0.6) is 0 Å². The molecular formula is C16H14N2OS2. The van der Waals surface area contributed by atoms with Gasteiger partial charge in [0, 0.05) is 5.38 Å². The first-order chi connectivity index (χ1) is 10.2. The van der Waals surface area contributed by atoms with E-state index < -0.39 is 0 Å². The van der Waals surface area contributed by atoms with Gasteiger partial charge in [0.1, 0.15) is 10.7 Å². The van der Waals surface area contributed by atoms with E-state index in [4.69, 9.17) is 0 Å². The van der Waals surface area contributed by atoms with Gasteiger partial charge in [0.25, 0.3) is 5.91 Å². The van der Waals surface area contributed by atoms with Crippen LogP contribution in [0.3, 0.4) is 0 Å². The first kappa shape index (κ1) is 14.0. The molecule has 0 saturated carbocycles. The van der Waals surface area contributed by atoms with Crippen LogP contribution in [0.15, 0.2) is 53.2 Å². The molecule has 0 aliphatic carbocycles. The van der Waals surface area contributed by atoms with E-state index >= 15 is 0 Å². The van der Waals surface area contributed by atoms with Crippen LogP contribution in [-0.4, -0.2) is 10.9 Å². The summed E-state index contributed by atoms with van der Waals surface area (Å²) < 4.78 is 0. The largest absolute Gasteiger partial charge is 0.344 e. The fourth-order valence-corrected chi connectivity index (χ4v) is 3.60. The second-order valence-electron chi connectivity index (χ2n) is 4.62. The average molecular weight is 314 g/mol. The maximum absolute atomic E-state index is 12.2. The summed E-state index contributed by atoms with van der Waals surface area (Å²) in [5.41, 5.74) is 1.56. The highest BCUT2D eigenvalue weighted by Gasteiger charge is 2.15. The van der Waals surface area contributed by atoms with Crippen LogP contribution in [0.1, 0.15) is 29.0 Å². The molecule has 0 fully saturated rings. The highest BCUT2D eigenvalue weighted by Crippen LogP contribution is 2.27. The van der Waals surface area contributed by atoms with Gasteiger partial charge < -0.3 is 5.32 Å². The molecule has 0 saturated heterocycles. The normalized spacial score (nSPS) is 12.0. The first-order valence-electron chi connectivity index (χ1n) is 6.59. The molecule has 0 bridgehead atoms. The smallest absolute Gasteiger partial charge is 0.271 e. The maximum Gasteiger partial charge on any atom is 0.271 e. The molecule has 106 valence electrons. The molecule has 1 atom stereocenters. The predicted octanol–water partition coefficient (Wildman–Crippen LogP) is 4.36. The Bertz CT molecular complexity index is 720. The number of carbonyl (C=O) groups excluding carboxylic acids is 1. The van der Waals surface area contributed by atoms with Crippen LogP contribution >= 0.6 is 22.7 Å². The third-order valence-electron chi connectivity index (χ3n) is 3.12. The number of amides is 1. The summed E-state index contributed by atoms with van der Waals surface area (Å²) in [6.07, 6.45) is 0. The number of nitrogens with zero attached hydrogens (tertiary/aromatic N) is 1. The zero-order valence-corrected chi connectivity index (χ0v) is 13.1. The van der Waals surface area contributed by atoms with Crippen LogP contribution in [0.25, 0.3) is 9.88 Å². The van der Waals surface area contributed by atoms with E-state index in [1.165, 1.54) is 11.3 Å². The highest BCUT2D eigenvalue weighted by atomic mass is 32.1. The van der Waals surface area contributed by atoms with E-state index in [1.807, 2.05) is 60.1 Å². The standard InChI is InChI=1S/C16H14N2OS2/c1-11(12-6-3-2-4-7-12)17-15(19)13-10-21-16(18-13)14-8-5-9-20-14/h2-11H,1H3,(H,17,19)/t11-/m0/s1. The molecule has 0 radical (unpaired) electrons. The number of thiazole rings is 1. The van der Waals surface area contributed by atoms with Crippen LogP contribution in [-0.2, 0) is 0 Å². The number of hydrogen-bond acceptors (Lipinski definition) is 4. The minimum Gasteiger partial charge on any atom is -0.344 e. The van der Waals surface area contributed by atoms with Crippen LogP contribution < -0.4 is 5.32 Å². The van der Waals surface area contributed by atoms with E-state index in [2.05, 4.69) is 10.3 Å². The van der Waals surface area contributed by atoms with Crippen molar-refractivity contribution in [2.45, 2.75) is 13.0 Å². The molecule has 3 aromatic rings. The molecule has 0 unspecified atom stereocenters. The van der Waals surface area contributed by atoms with Crippen molar-refractivity contribution in [2.24, 2.45) is 0 Å². The molecule has 0 aliphatic rings. The van der Waals surface area contributed by atoms with Gasteiger partial charge in [-0.15, -0.1) is 22.7 Å². The molecule has 0 aliphatic heterocycles. The van der Waals surface area contributed by atoms with Gasteiger partial charge in [-0.3, -0.25) is 4.79 Å². The topological polar surface area (TPSA) is 42.0 Å². The van der Waals surface area contributed by atoms with Gasteiger partial charge >= 0.3 is 0 Å². The summed E-state index contributed by atoms with van der Waals surface area (Å²) in [5, 5.41) is 7.69. The van der Waals surface area contributed by atoms with Crippen molar-refractivity contribution in [3.05, 3.63) is 64.5 Å². The average Bonchev–Trinajstić information content (AvgIpc) is 3.19. The van der Waals surface area contributed by atoms with Crippen molar-refractivity contribution in [1.29, 1.82) is 0 Å². The molecule has 2 heterocycles. The minimum absolute atomic E-state index is 0.0365. The lowest BCUT2D eigenvalue weighted by molar-refractivity contribution is 0.0935. The summed E-state index contributed by atoms with van der Waals surface area (Å²) in [6, 6.07) is 13.9. The summed E-state index contributed by atoms with van der Waals surface area (Å²) >= 11 is 3.13. The van der Waals surface area contributed by atoms with Gasteiger partial charge in [-0.1, -0.05) is 36.4 Å². The summed E-state index contributed by atoms with van der Waals surface area (Å²) in [6.45, 7) is 1.97. The van der Waals surface area contributed by atoms with Crippen molar-refractivity contribution in [1.82, 2.24) is 10.3 Å². The van der Waals surface area contributed by atoms with E-state index in [0.29, 0.717) is 5.69 Å². The van der Waals surface area contributed by atoms with E-state index in [1.54, 1.807) is 11.3 Å². The number of aromatic nitrogens is 1. The maximum atomic E-state index is 12.2. The third kappa shape index (κ3) is 3.20. The third-order valence-corrected chi connectivity index (χ3v) is 5.00. The van der Waals surface area contributed by atoms with Crippen molar-refractivity contribution in [2.75, 3.05) is 0 Å². The Morgan fingerprint density at radius 2 is 1.95 bits per heavy atom.